The number of carbonyl (C=O) groups is 2. The minimum Gasteiger partial charge on any atom is -0.461 e. The van der Waals surface area contributed by atoms with E-state index >= 15 is 0 Å². The summed E-state index contributed by atoms with van der Waals surface area (Å²) >= 11 is 0. The van der Waals surface area contributed by atoms with Crippen molar-refractivity contribution in [2.45, 2.75) is 18.8 Å². The van der Waals surface area contributed by atoms with E-state index in [4.69, 9.17) is 14.3 Å². The molecule has 15 nitrogen and oxygen atoms in total. The van der Waals surface area contributed by atoms with E-state index in [0.29, 0.717) is 22.0 Å². The number of aromatic nitrogens is 2. The summed E-state index contributed by atoms with van der Waals surface area (Å²) in [6.45, 7) is 1.32. The first-order valence-electron chi connectivity index (χ1n) is 11.0. The number of carbonyl (C=O) groups excluding carboxylic acids is 2. The van der Waals surface area contributed by atoms with Gasteiger partial charge in [0, 0.05) is 38.3 Å². The van der Waals surface area contributed by atoms with E-state index in [1.807, 2.05) is 0 Å². The summed E-state index contributed by atoms with van der Waals surface area (Å²) < 4.78 is 35.8. The summed E-state index contributed by atoms with van der Waals surface area (Å²) in [5, 5.41) is 12.7. The van der Waals surface area contributed by atoms with Crippen LogP contribution in [0.25, 0.3) is 11.4 Å². The van der Waals surface area contributed by atoms with Crippen LogP contribution in [-0.2, 0) is 35.4 Å². The first kappa shape index (κ1) is 28.3. The Morgan fingerprint density at radius 1 is 1.26 bits per heavy atom. The lowest BCUT2D eigenvalue weighted by atomic mass is 10.1. The molecule has 16 heteroatoms. The second-order valence-electron chi connectivity index (χ2n) is 8.14. The summed E-state index contributed by atoms with van der Waals surface area (Å²) in [5.74, 6) is -1.80. The van der Waals surface area contributed by atoms with Gasteiger partial charge in [0.15, 0.2) is 9.84 Å². The van der Waals surface area contributed by atoms with Crippen molar-refractivity contribution in [2.24, 2.45) is 4.99 Å². The van der Waals surface area contributed by atoms with Gasteiger partial charge in [-0.25, -0.2) is 23.2 Å². The molecule has 1 atom stereocenters. The SMILES string of the molecule is CCOC(=O)C1=NC(S(C)(=O)=O)N(OC)C(Oc2cc(CC(=O)N(C)C)cc(-c3ncc[nH]3)c2)=C1[N+](=O)[O-]. The van der Waals surface area contributed by atoms with Crippen LogP contribution in [0.5, 0.6) is 5.75 Å². The second kappa shape index (κ2) is 11.4. The van der Waals surface area contributed by atoms with Gasteiger partial charge in [-0.1, -0.05) is 0 Å². The number of ether oxygens (including phenoxy) is 2. The van der Waals surface area contributed by atoms with Crippen molar-refractivity contribution >= 4 is 27.4 Å². The molecule has 1 aromatic heterocycles. The van der Waals surface area contributed by atoms with Gasteiger partial charge in [-0.05, 0) is 30.7 Å². The van der Waals surface area contributed by atoms with E-state index < -0.39 is 43.5 Å². The molecule has 1 N–H and O–H groups in total. The number of hydroxylamine groups is 2. The van der Waals surface area contributed by atoms with Crippen LogP contribution in [0.4, 0.5) is 0 Å². The van der Waals surface area contributed by atoms with Crippen molar-refractivity contribution in [3.63, 3.8) is 0 Å². The van der Waals surface area contributed by atoms with E-state index in [1.54, 1.807) is 26.4 Å². The molecule has 1 amide bonds. The number of amides is 1. The Labute approximate surface area is 217 Å². The molecule has 38 heavy (non-hydrogen) atoms. The predicted molar refractivity (Wildman–Crippen MR) is 133 cm³/mol. The van der Waals surface area contributed by atoms with Crippen molar-refractivity contribution in [3.8, 4) is 17.1 Å². The molecular formula is C22H26N6O9S. The van der Waals surface area contributed by atoms with E-state index in [9.17, 15) is 28.1 Å². The zero-order chi connectivity index (χ0) is 28.2. The first-order valence-corrected chi connectivity index (χ1v) is 13.0. The fourth-order valence-corrected chi connectivity index (χ4v) is 4.23. The van der Waals surface area contributed by atoms with Gasteiger partial charge in [0.2, 0.25) is 11.6 Å². The number of hydrogen-bond donors (Lipinski definition) is 1. The maximum atomic E-state index is 12.6. The normalized spacial score (nSPS) is 15.7. The van der Waals surface area contributed by atoms with E-state index in [0.717, 1.165) is 13.4 Å². The third-order valence-electron chi connectivity index (χ3n) is 5.10. The highest BCUT2D eigenvalue weighted by atomic mass is 32.2. The molecule has 0 saturated heterocycles. The van der Waals surface area contributed by atoms with Crippen LogP contribution < -0.4 is 4.74 Å². The second-order valence-corrected chi connectivity index (χ2v) is 10.2. The molecule has 3 rings (SSSR count). The van der Waals surface area contributed by atoms with Crippen LogP contribution in [-0.4, -0.2) is 90.4 Å². The summed E-state index contributed by atoms with van der Waals surface area (Å²) in [7, 11) is 0.119. The number of nitrogens with zero attached hydrogens (tertiary/aromatic N) is 5. The number of benzene rings is 1. The van der Waals surface area contributed by atoms with Gasteiger partial charge < -0.3 is 19.4 Å². The number of likely N-dealkylation sites (N-methyl/N-ethyl adjacent to an activating group) is 1. The Morgan fingerprint density at radius 2 is 1.97 bits per heavy atom. The maximum absolute atomic E-state index is 12.6. The maximum Gasteiger partial charge on any atom is 0.364 e. The summed E-state index contributed by atoms with van der Waals surface area (Å²) in [6.07, 6.45) is 3.85. The molecule has 0 bridgehead atoms. The van der Waals surface area contributed by atoms with Gasteiger partial charge in [-0.3, -0.25) is 19.7 Å². The molecular weight excluding hydrogens is 524 g/mol. The summed E-state index contributed by atoms with van der Waals surface area (Å²) in [5.41, 5.74) is -2.79. The number of aliphatic imine (C=N–C) groups is 1. The zero-order valence-corrected chi connectivity index (χ0v) is 22.0. The Bertz CT molecular complexity index is 1400. The summed E-state index contributed by atoms with van der Waals surface area (Å²) in [6, 6.07) is 4.58. The fourth-order valence-electron chi connectivity index (χ4n) is 3.41. The van der Waals surface area contributed by atoms with Gasteiger partial charge in [0.05, 0.1) is 25.1 Å². The van der Waals surface area contributed by atoms with Crippen LogP contribution in [0.15, 0.2) is 47.2 Å². The van der Waals surface area contributed by atoms with Crippen LogP contribution in [0.3, 0.4) is 0 Å². The molecule has 1 aromatic carbocycles. The van der Waals surface area contributed by atoms with E-state index in [1.165, 1.54) is 30.2 Å². The largest absolute Gasteiger partial charge is 0.461 e. The lowest BCUT2D eigenvalue weighted by Crippen LogP contribution is -2.47. The quantitative estimate of drug-likeness (QED) is 0.250. The number of aromatic amines is 1. The summed E-state index contributed by atoms with van der Waals surface area (Å²) in [4.78, 5) is 53.5. The van der Waals surface area contributed by atoms with E-state index in [-0.39, 0.29) is 24.7 Å². The number of hydrogen-bond acceptors (Lipinski definition) is 12. The number of imidazole rings is 1. The Balaban J connectivity index is 2.22. The molecule has 0 fully saturated rings. The fraction of sp³-hybridized carbons (Fsp3) is 0.364. The number of nitro groups is 1. The van der Waals surface area contributed by atoms with Gasteiger partial charge in [-0.15, -0.1) is 0 Å². The molecule has 1 aliphatic rings. The third kappa shape index (κ3) is 6.15. The molecule has 2 aromatic rings. The van der Waals surface area contributed by atoms with Crippen molar-refractivity contribution in [2.75, 3.05) is 34.1 Å². The number of sulfone groups is 1. The lowest BCUT2D eigenvalue weighted by Gasteiger charge is -2.31. The highest BCUT2D eigenvalue weighted by Crippen LogP contribution is 2.31. The molecule has 0 saturated carbocycles. The van der Waals surface area contributed by atoms with Gasteiger partial charge in [0.25, 0.3) is 5.50 Å². The van der Waals surface area contributed by atoms with Crippen LogP contribution >= 0.6 is 0 Å². The van der Waals surface area contributed by atoms with E-state index in [2.05, 4.69) is 15.0 Å². The van der Waals surface area contributed by atoms with Crippen LogP contribution in [0, 0.1) is 10.1 Å². The standard InChI is InChI=1S/C22H26N6O9S/c1-6-36-21(30)17-18(28(31)32)20(27(35-4)22(25-17)38(5,33)34)37-15-10-13(11-16(29)26(2)3)9-14(12-15)19-23-7-8-24-19/h7-10,12,22H,6,11H2,1-5H3,(H,23,24). The number of esters is 1. The van der Waals surface area contributed by atoms with Crippen molar-refractivity contribution in [1.29, 1.82) is 0 Å². The number of nitrogens with one attached hydrogen (secondary N) is 1. The molecule has 1 aliphatic heterocycles. The predicted octanol–water partition coefficient (Wildman–Crippen LogP) is 0.741. The smallest absolute Gasteiger partial charge is 0.364 e. The number of H-pyrrole nitrogens is 1. The van der Waals surface area contributed by atoms with Crippen molar-refractivity contribution < 1.29 is 37.2 Å². The molecule has 0 aliphatic carbocycles. The van der Waals surface area contributed by atoms with Gasteiger partial charge >= 0.3 is 17.5 Å². The minimum absolute atomic E-state index is 0.0331. The molecule has 2 heterocycles. The number of rotatable bonds is 10. The molecule has 1 unspecified atom stereocenters. The average molecular weight is 551 g/mol. The van der Waals surface area contributed by atoms with Gasteiger partial charge in [0.1, 0.15) is 11.6 Å². The Hall–Kier alpha value is -4.31. The monoisotopic (exact) mass is 550 g/mol. The Kier molecular flexibility index (Phi) is 8.47. The topological polar surface area (TPSA) is 187 Å². The minimum atomic E-state index is -4.12. The Morgan fingerprint density at radius 3 is 2.50 bits per heavy atom. The highest BCUT2D eigenvalue weighted by molar-refractivity contribution is 7.91. The molecule has 0 spiro atoms. The van der Waals surface area contributed by atoms with Crippen molar-refractivity contribution in [1.82, 2.24) is 19.9 Å². The molecule has 204 valence electrons. The average Bonchev–Trinajstić information content (AvgIpc) is 3.37. The van der Waals surface area contributed by atoms with Crippen LogP contribution in [0.1, 0.15) is 12.5 Å². The van der Waals surface area contributed by atoms with Crippen LogP contribution in [0.2, 0.25) is 0 Å². The van der Waals surface area contributed by atoms with Gasteiger partial charge in [-0.2, -0.15) is 5.06 Å². The third-order valence-corrected chi connectivity index (χ3v) is 6.17. The highest BCUT2D eigenvalue weighted by Gasteiger charge is 2.47. The molecule has 0 radical (unpaired) electrons. The lowest BCUT2D eigenvalue weighted by molar-refractivity contribution is -0.421. The van der Waals surface area contributed by atoms with Crippen molar-refractivity contribution in [3.05, 3.63) is 57.9 Å². The zero-order valence-electron chi connectivity index (χ0n) is 21.2. The first-order chi connectivity index (χ1) is 17.9.